The van der Waals surface area contributed by atoms with Crippen LogP contribution >= 0.6 is 0 Å². The lowest BCUT2D eigenvalue weighted by molar-refractivity contribution is -0.120. The number of ether oxygens (including phenoxy) is 1. The monoisotopic (exact) mass is 444 g/mol. The minimum Gasteiger partial charge on any atom is -0.495 e. The number of hydrogen-bond donors (Lipinski definition) is 1. The predicted octanol–water partition coefficient (Wildman–Crippen LogP) is 4.47. The van der Waals surface area contributed by atoms with Crippen LogP contribution in [0.2, 0.25) is 0 Å². The zero-order valence-electron chi connectivity index (χ0n) is 18.9. The highest BCUT2D eigenvalue weighted by molar-refractivity contribution is 7.89. The summed E-state index contributed by atoms with van der Waals surface area (Å²) in [5, 5.41) is 2.99. The Morgan fingerprint density at radius 3 is 2.58 bits per heavy atom. The number of carbonyl (C=O) groups excluding carboxylic acids is 1. The molecular formula is C24H32N2O4S. The minimum absolute atomic E-state index is 0.142. The lowest BCUT2D eigenvalue weighted by Gasteiger charge is -2.31. The van der Waals surface area contributed by atoms with Gasteiger partial charge in [-0.1, -0.05) is 32.0 Å². The van der Waals surface area contributed by atoms with E-state index < -0.39 is 15.9 Å². The first-order valence-corrected chi connectivity index (χ1v) is 12.1. The van der Waals surface area contributed by atoms with Crippen LogP contribution in [-0.2, 0) is 14.8 Å². The summed E-state index contributed by atoms with van der Waals surface area (Å²) in [5.74, 6) is -0.0251. The van der Waals surface area contributed by atoms with Gasteiger partial charge in [0.25, 0.3) is 0 Å². The maximum atomic E-state index is 13.5. The Kier molecular flexibility index (Phi) is 7.06. The highest BCUT2D eigenvalue weighted by Crippen LogP contribution is 2.32. The molecule has 1 fully saturated rings. The number of nitrogens with one attached hydrogen (secondary N) is 1. The molecule has 1 saturated heterocycles. The summed E-state index contributed by atoms with van der Waals surface area (Å²) in [6.45, 7) is 8.52. The third-order valence-corrected chi connectivity index (χ3v) is 7.76. The van der Waals surface area contributed by atoms with Crippen molar-refractivity contribution in [2.24, 2.45) is 5.92 Å². The molecule has 168 valence electrons. The van der Waals surface area contributed by atoms with Crippen molar-refractivity contribution < 1.29 is 17.9 Å². The van der Waals surface area contributed by atoms with Gasteiger partial charge in [0.2, 0.25) is 15.9 Å². The number of carbonyl (C=O) groups is 1. The number of benzene rings is 2. The van der Waals surface area contributed by atoms with Crippen LogP contribution in [0.3, 0.4) is 0 Å². The van der Waals surface area contributed by atoms with Crippen LogP contribution in [0.15, 0.2) is 41.3 Å². The molecule has 1 atom stereocenters. The van der Waals surface area contributed by atoms with Crippen molar-refractivity contribution in [1.82, 2.24) is 4.31 Å². The lowest BCUT2D eigenvalue weighted by Crippen LogP contribution is -2.43. The van der Waals surface area contributed by atoms with E-state index in [2.05, 4.69) is 5.32 Å². The molecule has 7 heteroatoms. The molecule has 1 aliphatic rings. The average Bonchev–Trinajstić information content (AvgIpc) is 2.75. The van der Waals surface area contributed by atoms with Crippen molar-refractivity contribution in [3.05, 3.63) is 53.1 Å². The van der Waals surface area contributed by atoms with E-state index in [1.54, 1.807) is 12.1 Å². The van der Waals surface area contributed by atoms with E-state index in [1.807, 2.05) is 52.0 Å². The lowest BCUT2D eigenvalue weighted by atomic mass is 9.98. The average molecular weight is 445 g/mol. The normalized spacial score (nSPS) is 17.5. The third kappa shape index (κ3) is 5.10. The van der Waals surface area contributed by atoms with Crippen molar-refractivity contribution >= 4 is 21.6 Å². The molecule has 0 unspecified atom stereocenters. The molecule has 0 spiro atoms. The molecule has 1 aliphatic heterocycles. The van der Waals surface area contributed by atoms with Crippen LogP contribution in [0.4, 0.5) is 5.69 Å². The maximum Gasteiger partial charge on any atom is 0.246 e. The SMILES string of the molecule is COc1ccc(C(C)C)cc1S(=O)(=O)N1CCC[C@H](C(=O)Nc2cc(C)ccc2C)C1. The van der Waals surface area contributed by atoms with Crippen LogP contribution in [-0.4, -0.2) is 38.8 Å². The molecule has 1 heterocycles. The number of aryl methyl sites for hydroxylation is 2. The second-order valence-electron chi connectivity index (χ2n) is 8.57. The number of amides is 1. The Morgan fingerprint density at radius 1 is 1.16 bits per heavy atom. The van der Waals surface area contributed by atoms with Crippen LogP contribution in [0, 0.1) is 19.8 Å². The number of methoxy groups -OCH3 is 1. The molecule has 6 nitrogen and oxygen atoms in total. The van der Waals surface area contributed by atoms with Gasteiger partial charge < -0.3 is 10.1 Å². The van der Waals surface area contributed by atoms with Gasteiger partial charge in [0.15, 0.2) is 0 Å². The predicted molar refractivity (Wildman–Crippen MR) is 123 cm³/mol. The van der Waals surface area contributed by atoms with Gasteiger partial charge in [-0.25, -0.2) is 8.42 Å². The molecule has 0 bridgehead atoms. The largest absolute Gasteiger partial charge is 0.495 e. The summed E-state index contributed by atoms with van der Waals surface area (Å²) in [4.78, 5) is 13.1. The summed E-state index contributed by atoms with van der Waals surface area (Å²) in [7, 11) is -2.31. The first-order chi connectivity index (χ1) is 14.6. The molecule has 0 aromatic heterocycles. The molecule has 0 saturated carbocycles. The second kappa shape index (κ2) is 9.40. The number of piperidine rings is 1. The minimum atomic E-state index is -3.79. The van der Waals surface area contributed by atoms with Gasteiger partial charge in [-0.3, -0.25) is 4.79 Å². The maximum absolute atomic E-state index is 13.5. The fraction of sp³-hybridized carbons (Fsp3) is 0.458. The Morgan fingerprint density at radius 2 is 1.90 bits per heavy atom. The van der Waals surface area contributed by atoms with E-state index in [1.165, 1.54) is 11.4 Å². The smallest absolute Gasteiger partial charge is 0.246 e. The van der Waals surface area contributed by atoms with Gasteiger partial charge in [0, 0.05) is 18.8 Å². The zero-order valence-corrected chi connectivity index (χ0v) is 19.8. The van der Waals surface area contributed by atoms with Crippen LogP contribution in [0.25, 0.3) is 0 Å². The highest BCUT2D eigenvalue weighted by Gasteiger charge is 2.35. The first-order valence-electron chi connectivity index (χ1n) is 10.7. The highest BCUT2D eigenvalue weighted by atomic mass is 32.2. The van der Waals surface area contributed by atoms with E-state index in [9.17, 15) is 13.2 Å². The van der Waals surface area contributed by atoms with E-state index in [0.29, 0.717) is 25.1 Å². The molecule has 1 N–H and O–H groups in total. The topological polar surface area (TPSA) is 75.7 Å². The quantitative estimate of drug-likeness (QED) is 0.713. The van der Waals surface area contributed by atoms with Gasteiger partial charge in [0.05, 0.1) is 13.0 Å². The number of anilines is 1. The van der Waals surface area contributed by atoms with E-state index in [0.717, 1.165) is 22.4 Å². The van der Waals surface area contributed by atoms with Gasteiger partial charge >= 0.3 is 0 Å². The number of nitrogens with zero attached hydrogens (tertiary/aromatic N) is 1. The van der Waals surface area contributed by atoms with Gasteiger partial charge in [0.1, 0.15) is 10.6 Å². The molecule has 3 rings (SSSR count). The first kappa shape index (κ1) is 23.3. The van der Waals surface area contributed by atoms with Crippen molar-refractivity contribution in [3.63, 3.8) is 0 Å². The standard InChI is InChI=1S/C24H32N2O4S/c1-16(2)19-10-11-22(30-5)23(14-19)31(28,29)26-12-6-7-20(15-26)24(27)25-21-13-17(3)8-9-18(21)4/h8-11,13-14,16,20H,6-7,12,15H2,1-5H3,(H,25,27)/t20-/m0/s1. The van der Waals surface area contributed by atoms with Crippen LogP contribution in [0.5, 0.6) is 5.75 Å². The molecule has 0 radical (unpaired) electrons. The van der Waals surface area contributed by atoms with E-state index in [4.69, 9.17) is 4.74 Å². The van der Waals surface area contributed by atoms with Gasteiger partial charge in [-0.15, -0.1) is 0 Å². The Hall–Kier alpha value is -2.38. The summed E-state index contributed by atoms with van der Waals surface area (Å²) >= 11 is 0. The number of sulfonamides is 1. The Balaban J connectivity index is 1.83. The van der Waals surface area contributed by atoms with Crippen LogP contribution < -0.4 is 10.1 Å². The fourth-order valence-corrected chi connectivity index (χ4v) is 5.59. The van der Waals surface area contributed by atoms with Crippen molar-refractivity contribution in [3.8, 4) is 5.75 Å². The molecule has 2 aromatic rings. The van der Waals surface area contributed by atoms with Crippen molar-refractivity contribution in [2.75, 3.05) is 25.5 Å². The summed E-state index contributed by atoms with van der Waals surface area (Å²) in [6, 6.07) is 11.2. The number of rotatable bonds is 6. The Bertz CT molecular complexity index is 1060. The van der Waals surface area contributed by atoms with Crippen molar-refractivity contribution in [1.29, 1.82) is 0 Å². The molecule has 2 aromatic carbocycles. The fourth-order valence-electron chi connectivity index (χ4n) is 3.87. The third-order valence-electron chi connectivity index (χ3n) is 5.88. The molecular weight excluding hydrogens is 412 g/mol. The summed E-state index contributed by atoms with van der Waals surface area (Å²) in [6.07, 6.45) is 1.29. The molecule has 0 aliphatic carbocycles. The Labute approximate surface area is 185 Å². The summed E-state index contributed by atoms with van der Waals surface area (Å²) in [5.41, 5.74) is 3.75. The summed E-state index contributed by atoms with van der Waals surface area (Å²) < 4.78 is 33.7. The molecule has 31 heavy (non-hydrogen) atoms. The zero-order chi connectivity index (χ0) is 22.8. The van der Waals surface area contributed by atoms with Crippen LogP contribution in [0.1, 0.15) is 49.3 Å². The van der Waals surface area contributed by atoms with Gasteiger partial charge in [-0.05, 0) is 67.5 Å². The second-order valence-corrected chi connectivity index (χ2v) is 10.5. The number of hydrogen-bond acceptors (Lipinski definition) is 4. The van der Waals surface area contributed by atoms with Crippen molar-refractivity contribution in [2.45, 2.75) is 51.3 Å². The molecule has 1 amide bonds. The van der Waals surface area contributed by atoms with E-state index >= 15 is 0 Å². The van der Waals surface area contributed by atoms with Gasteiger partial charge in [-0.2, -0.15) is 4.31 Å². The van der Waals surface area contributed by atoms with E-state index in [-0.39, 0.29) is 23.3 Å².